The third-order valence-electron chi connectivity index (χ3n) is 2.20. The van der Waals surface area contributed by atoms with Crippen molar-refractivity contribution in [3.63, 3.8) is 0 Å². The van der Waals surface area contributed by atoms with Crippen molar-refractivity contribution in [1.82, 2.24) is 10.3 Å². The number of nitrogens with one attached hydrogen (secondary N) is 1. The highest BCUT2D eigenvalue weighted by molar-refractivity contribution is 5.07. The van der Waals surface area contributed by atoms with E-state index >= 15 is 0 Å². The molecule has 0 spiro atoms. The van der Waals surface area contributed by atoms with Crippen LogP contribution in [0.15, 0.2) is 40.9 Å². The predicted octanol–water partition coefficient (Wildman–Crippen LogP) is 1.46. The van der Waals surface area contributed by atoms with Gasteiger partial charge in [-0.1, -0.05) is 6.07 Å². The summed E-state index contributed by atoms with van der Waals surface area (Å²) in [6.45, 7) is 1.28. The molecule has 0 aliphatic heterocycles. The Labute approximate surface area is 93.9 Å². The van der Waals surface area contributed by atoms with Crippen LogP contribution in [0.1, 0.15) is 17.2 Å². The number of pyridine rings is 1. The molecule has 2 aromatic rings. The van der Waals surface area contributed by atoms with Crippen LogP contribution in [0, 0.1) is 0 Å². The van der Waals surface area contributed by atoms with Crippen LogP contribution in [-0.2, 0) is 19.7 Å². The van der Waals surface area contributed by atoms with Gasteiger partial charge in [0.15, 0.2) is 0 Å². The zero-order valence-corrected chi connectivity index (χ0v) is 8.89. The average Bonchev–Trinajstić information content (AvgIpc) is 2.78. The van der Waals surface area contributed by atoms with Crippen molar-refractivity contribution in [3.8, 4) is 0 Å². The number of rotatable bonds is 5. The van der Waals surface area contributed by atoms with E-state index < -0.39 is 0 Å². The van der Waals surface area contributed by atoms with Crippen LogP contribution in [0.3, 0.4) is 0 Å². The Morgan fingerprint density at radius 3 is 2.69 bits per heavy atom. The van der Waals surface area contributed by atoms with Gasteiger partial charge in [-0.05, 0) is 24.3 Å². The molecule has 0 bridgehead atoms. The van der Waals surface area contributed by atoms with E-state index in [1.165, 1.54) is 0 Å². The van der Waals surface area contributed by atoms with Crippen LogP contribution in [0.2, 0.25) is 0 Å². The molecule has 0 aliphatic carbocycles. The minimum Gasteiger partial charge on any atom is -0.462 e. The molecule has 0 aliphatic rings. The van der Waals surface area contributed by atoms with Crippen molar-refractivity contribution >= 4 is 0 Å². The van der Waals surface area contributed by atoms with E-state index in [0.29, 0.717) is 18.8 Å². The highest BCUT2D eigenvalue weighted by Gasteiger charge is 2.00. The summed E-state index contributed by atoms with van der Waals surface area (Å²) in [7, 11) is 0. The van der Waals surface area contributed by atoms with Crippen molar-refractivity contribution in [3.05, 3.63) is 53.7 Å². The largest absolute Gasteiger partial charge is 0.462 e. The van der Waals surface area contributed by atoms with E-state index in [9.17, 15) is 0 Å². The van der Waals surface area contributed by atoms with Crippen molar-refractivity contribution in [2.24, 2.45) is 0 Å². The normalized spacial score (nSPS) is 10.6. The molecule has 2 heterocycles. The third kappa shape index (κ3) is 2.92. The molecule has 16 heavy (non-hydrogen) atoms. The molecular weight excluding hydrogens is 204 g/mol. The minimum atomic E-state index is -0.0553. The monoisotopic (exact) mass is 218 g/mol. The first kappa shape index (κ1) is 10.9. The first-order chi connectivity index (χ1) is 7.88. The molecule has 0 atom stereocenters. The van der Waals surface area contributed by atoms with Gasteiger partial charge in [0.25, 0.3) is 0 Å². The predicted molar refractivity (Wildman–Crippen MR) is 59.4 cm³/mol. The second-order valence-corrected chi connectivity index (χ2v) is 3.45. The van der Waals surface area contributed by atoms with Crippen LogP contribution in [0.5, 0.6) is 0 Å². The smallest absolute Gasteiger partial charge is 0.129 e. The molecule has 0 fully saturated rings. The van der Waals surface area contributed by atoms with Crippen LogP contribution >= 0.6 is 0 Å². The van der Waals surface area contributed by atoms with E-state index in [1.54, 1.807) is 12.3 Å². The molecule has 0 amide bonds. The molecule has 84 valence electrons. The lowest BCUT2D eigenvalue weighted by Gasteiger charge is -2.01. The van der Waals surface area contributed by atoms with Gasteiger partial charge in [0.05, 0.1) is 12.2 Å². The van der Waals surface area contributed by atoms with E-state index in [-0.39, 0.29) is 6.61 Å². The molecule has 0 aromatic carbocycles. The Kier molecular flexibility index (Phi) is 3.69. The van der Waals surface area contributed by atoms with E-state index in [0.717, 1.165) is 11.5 Å². The highest BCUT2D eigenvalue weighted by Crippen LogP contribution is 2.07. The molecule has 4 nitrogen and oxygen atoms in total. The maximum absolute atomic E-state index is 8.83. The molecule has 0 saturated heterocycles. The summed E-state index contributed by atoms with van der Waals surface area (Å²) in [6.07, 6.45) is 1.77. The molecule has 0 saturated carbocycles. The first-order valence-electron chi connectivity index (χ1n) is 5.17. The van der Waals surface area contributed by atoms with Crippen LogP contribution in [0.25, 0.3) is 0 Å². The summed E-state index contributed by atoms with van der Waals surface area (Å²) in [5.74, 6) is 1.41. The maximum Gasteiger partial charge on any atom is 0.129 e. The fraction of sp³-hybridized carbons (Fsp3) is 0.250. The molecule has 2 rings (SSSR count). The molecule has 2 N–H and O–H groups in total. The number of aliphatic hydroxyl groups is 1. The van der Waals surface area contributed by atoms with Crippen molar-refractivity contribution in [1.29, 1.82) is 0 Å². The number of nitrogens with zero attached hydrogens (tertiary/aromatic N) is 1. The van der Waals surface area contributed by atoms with Gasteiger partial charge in [0, 0.05) is 12.7 Å². The van der Waals surface area contributed by atoms with Crippen LogP contribution < -0.4 is 5.32 Å². The maximum atomic E-state index is 8.83. The fourth-order valence-corrected chi connectivity index (χ4v) is 1.42. The lowest BCUT2D eigenvalue weighted by atomic mass is 10.3. The van der Waals surface area contributed by atoms with Crippen molar-refractivity contribution in [2.45, 2.75) is 19.7 Å². The van der Waals surface area contributed by atoms with E-state index in [2.05, 4.69) is 10.3 Å². The van der Waals surface area contributed by atoms with Crippen molar-refractivity contribution < 1.29 is 9.52 Å². The highest BCUT2D eigenvalue weighted by atomic mass is 16.4. The number of hydrogen-bond acceptors (Lipinski definition) is 4. The van der Waals surface area contributed by atoms with Gasteiger partial charge in [-0.25, -0.2) is 0 Å². The quantitative estimate of drug-likeness (QED) is 0.797. The third-order valence-corrected chi connectivity index (χ3v) is 2.20. The second kappa shape index (κ2) is 5.44. The first-order valence-corrected chi connectivity index (χ1v) is 5.17. The zero-order chi connectivity index (χ0) is 11.2. The Balaban J connectivity index is 1.80. The van der Waals surface area contributed by atoms with Crippen LogP contribution in [0.4, 0.5) is 0 Å². The standard InChI is InChI=1S/C12H14N2O2/c15-9-12-5-4-11(16-12)8-13-7-10-3-1-2-6-14-10/h1-6,13,15H,7-9H2. The van der Waals surface area contributed by atoms with Gasteiger partial charge in [-0.3, -0.25) is 4.98 Å². The van der Waals surface area contributed by atoms with Crippen LogP contribution in [-0.4, -0.2) is 10.1 Å². The SMILES string of the molecule is OCc1ccc(CNCc2ccccn2)o1. The summed E-state index contributed by atoms with van der Waals surface area (Å²) in [4.78, 5) is 4.20. The lowest BCUT2D eigenvalue weighted by molar-refractivity contribution is 0.242. The van der Waals surface area contributed by atoms with E-state index in [4.69, 9.17) is 9.52 Å². The summed E-state index contributed by atoms with van der Waals surface area (Å²) < 4.78 is 5.34. The Morgan fingerprint density at radius 1 is 1.12 bits per heavy atom. The lowest BCUT2D eigenvalue weighted by Crippen LogP contribution is -2.12. The van der Waals surface area contributed by atoms with Gasteiger partial charge in [0.1, 0.15) is 18.1 Å². The second-order valence-electron chi connectivity index (χ2n) is 3.45. The van der Waals surface area contributed by atoms with Gasteiger partial charge < -0.3 is 14.8 Å². The topological polar surface area (TPSA) is 58.3 Å². The Bertz CT molecular complexity index is 426. The molecule has 4 heteroatoms. The Hall–Kier alpha value is -1.65. The molecule has 2 aromatic heterocycles. The fourth-order valence-electron chi connectivity index (χ4n) is 1.42. The van der Waals surface area contributed by atoms with Gasteiger partial charge in [0.2, 0.25) is 0 Å². The molecule has 0 radical (unpaired) electrons. The van der Waals surface area contributed by atoms with Gasteiger partial charge in [-0.15, -0.1) is 0 Å². The van der Waals surface area contributed by atoms with Gasteiger partial charge >= 0.3 is 0 Å². The zero-order valence-electron chi connectivity index (χ0n) is 8.89. The molecule has 0 unspecified atom stereocenters. The number of aromatic nitrogens is 1. The summed E-state index contributed by atoms with van der Waals surface area (Å²) >= 11 is 0. The summed E-state index contributed by atoms with van der Waals surface area (Å²) in [6, 6.07) is 9.45. The van der Waals surface area contributed by atoms with Gasteiger partial charge in [-0.2, -0.15) is 0 Å². The molecular formula is C12H14N2O2. The number of aliphatic hydroxyl groups excluding tert-OH is 1. The summed E-state index contributed by atoms with van der Waals surface area (Å²) in [5, 5.41) is 12.0. The Morgan fingerprint density at radius 2 is 2.00 bits per heavy atom. The average molecular weight is 218 g/mol. The number of hydrogen-bond donors (Lipinski definition) is 2. The van der Waals surface area contributed by atoms with Crippen molar-refractivity contribution in [2.75, 3.05) is 0 Å². The minimum absolute atomic E-state index is 0.0553. The summed E-state index contributed by atoms with van der Waals surface area (Å²) in [5.41, 5.74) is 0.997. The number of furan rings is 1. The van der Waals surface area contributed by atoms with E-state index in [1.807, 2.05) is 24.3 Å².